The van der Waals surface area contributed by atoms with Crippen LogP contribution in [-0.2, 0) is 15.3 Å². The summed E-state index contributed by atoms with van der Waals surface area (Å²) in [7, 11) is 1.74. The molecule has 1 aromatic carbocycles. The second-order valence-electron chi connectivity index (χ2n) is 6.44. The second kappa shape index (κ2) is 9.30. The molecule has 0 radical (unpaired) electrons. The largest absolute Gasteiger partial charge is 0.384 e. The first-order valence-corrected chi connectivity index (χ1v) is 9.39. The van der Waals surface area contributed by atoms with Gasteiger partial charge in [0.2, 0.25) is 5.91 Å². The molecular weight excluding hydrogens is 308 g/mol. The summed E-state index contributed by atoms with van der Waals surface area (Å²) in [5, 5.41) is 6.48. The Morgan fingerprint density at radius 1 is 1.39 bits per heavy atom. The lowest BCUT2D eigenvalue weighted by Gasteiger charge is -2.37. The van der Waals surface area contributed by atoms with Crippen LogP contribution in [0.5, 0.6) is 0 Å². The Morgan fingerprint density at radius 3 is 2.87 bits per heavy atom. The number of hydrogen-bond donors (Lipinski definition) is 2. The Bertz CT molecular complexity index is 496. The molecule has 0 bridgehead atoms. The summed E-state index contributed by atoms with van der Waals surface area (Å²) in [4.78, 5) is 12.1. The van der Waals surface area contributed by atoms with Gasteiger partial charge in [-0.2, -0.15) is 0 Å². The molecule has 1 saturated heterocycles. The van der Waals surface area contributed by atoms with E-state index in [9.17, 15) is 4.79 Å². The average molecular weight is 337 g/mol. The highest BCUT2D eigenvalue weighted by molar-refractivity contribution is 7.99. The van der Waals surface area contributed by atoms with Crippen LogP contribution in [0.3, 0.4) is 0 Å². The summed E-state index contributed by atoms with van der Waals surface area (Å²) in [6, 6.07) is 8.44. The van der Waals surface area contributed by atoms with E-state index in [0.29, 0.717) is 18.9 Å². The number of ether oxygens (including phenoxy) is 1. The van der Waals surface area contributed by atoms with E-state index < -0.39 is 0 Å². The van der Waals surface area contributed by atoms with Crippen molar-refractivity contribution in [3.05, 3.63) is 35.4 Å². The highest BCUT2D eigenvalue weighted by Crippen LogP contribution is 2.28. The van der Waals surface area contributed by atoms with Crippen molar-refractivity contribution in [1.29, 1.82) is 0 Å². The number of nitrogens with one attached hydrogen (secondary N) is 2. The molecule has 0 atom stereocenters. The van der Waals surface area contributed by atoms with Gasteiger partial charge >= 0.3 is 0 Å². The molecule has 128 valence electrons. The second-order valence-corrected chi connectivity index (χ2v) is 7.43. The van der Waals surface area contributed by atoms with Crippen LogP contribution >= 0.6 is 11.8 Å². The number of thioether (sulfide) groups is 1. The number of carbonyl (C=O) groups excluding carboxylic acids is 1. The summed E-state index contributed by atoms with van der Waals surface area (Å²) in [6.07, 6.45) is 2.11. The zero-order valence-corrected chi connectivity index (χ0v) is 15.0. The van der Waals surface area contributed by atoms with Crippen molar-refractivity contribution >= 4 is 17.7 Å². The zero-order chi connectivity index (χ0) is 16.5. The van der Waals surface area contributed by atoms with Crippen LogP contribution < -0.4 is 10.6 Å². The molecule has 2 rings (SSSR count). The normalized spacial score (nSPS) is 17.0. The molecule has 1 heterocycles. The first-order chi connectivity index (χ1) is 11.1. The van der Waals surface area contributed by atoms with Gasteiger partial charge in [-0.25, -0.2) is 0 Å². The molecule has 0 saturated carbocycles. The SMILES string of the molecule is COCC1(CNC(=O)CSCc2cccc(C)c2)CCNCC1. The molecule has 2 N–H and O–H groups in total. The van der Waals surface area contributed by atoms with E-state index in [-0.39, 0.29) is 11.3 Å². The monoisotopic (exact) mass is 336 g/mol. The maximum Gasteiger partial charge on any atom is 0.230 e. The number of piperidine rings is 1. The first-order valence-electron chi connectivity index (χ1n) is 8.23. The number of amides is 1. The van der Waals surface area contributed by atoms with Gasteiger partial charge < -0.3 is 15.4 Å². The van der Waals surface area contributed by atoms with Gasteiger partial charge in [-0.3, -0.25) is 4.79 Å². The number of hydrogen-bond acceptors (Lipinski definition) is 4. The molecule has 0 unspecified atom stereocenters. The number of aryl methyl sites for hydroxylation is 1. The lowest BCUT2D eigenvalue weighted by molar-refractivity contribution is -0.119. The molecule has 1 amide bonds. The number of benzene rings is 1. The van der Waals surface area contributed by atoms with Gasteiger partial charge in [0.1, 0.15) is 0 Å². The molecule has 23 heavy (non-hydrogen) atoms. The highest BCUT2D eigenvalue weighted by Gasteiger charge is 2.32. The number of methoxy groups -OCH3 is 1. The molecule has 0 aromatic heterocycles. The average Bonchev–Trinajstić information content (AvgIpc) is 2.54. The Hall–Kier alpha value is -1.04. The summed E-state index contributed by atoms with van der Waals surface area (Å²) in [6.45, 7) is 5.52. The minimum atomic E-state index is 0.0941. The van der Waals surface area contributed by atoms with Crippen LogP contribution in [0, 0.1) is 12.3 Å². The van der Waals surface area contributed by atoms with Crippen molar-refractivity contribution < 1.29 is 9.53 Å². The van der Waals surface area contributed by atoms with Crippen molar-refractivity contribution in [3.8, 4) is 0 Å². The summed E-state index contributed by atoms with van der Waals surface area (Å²) in [5.41, 5.74) is 2.63. The van der Waals surface area contributed by atoms with Crippen LogP contribution in [-0.4, -0.2) is 45.0 Å². The molecule has 4 nitrogen and oxygen atoms in total. The summed E-state index contributed by atoms with van der Waals surface area (Å²) < 4.78 is 5.38. The Balaban J connectivity index is 1.71. The molecule has 1 fully saturated rings. The van der Waals surface area contributed by atoms with Gasteiger partial charge in [0.15, 0.2) is 0 Å². The van der Waals surface area contributed by atoms with Gasteiger partial charge in [0.25, 0.3) is 0 Å². The van der Waals surface area contributed by atoms with Crippen molar-refractivity contribution in [2.45, 2.75) is 25.5 Å². The van der Waals surface area contributed by atoms with E-state index in [1.165, 1.54) is 11.1 Å². The molecule has 1 aliphatic rings. The third-order valence-electron chi connectivity index (χ3n) is 4.36. The molecular formula is C18H28N2O2S. The fraction of sp³-hybridized carbons (Fsp3) is 0.611. The minimum absolute atomic E-state index is 0.0941. The maximum absolute atomic E-state index is 12.1. The van der Waals surface area contributed by atoms with Crippen molar-refractivity contribution in [1.82, 2.24) is 10.6 Å². The fourth-order valence-electron chi connectivity index (χ4n) is 3.04. The van der Waals surface area contributed by atoms with Crippen molar-refractivity contribution in [3.63, 3.8) is 0 Å². The highest BCUT2D eigenvalue weighted by atomic mass is 32.2. The van der Waals surface area contributed by atoms with E-state index in [0.717, 1.165) is 31.7 Å². The Morgan fingerprint density at radius 2 is 2.17 bits per heavy atom. The predicted molar refractivity (Wildman–Crippen MR) is 96.8 cm³/mol. The predicted octanol–water partition coefficient (Wildman–Crippen LogP) is 2.36. The quantitative estimate of drug-likeness (QED) is 0.765. The lowest BCUT2D eigenvalue weighted by atomic mass is 9.79. The topological polar surface area (TPSA) is 50.4 Å². The summed E-state index contributed by atoms with van der Waals surface area (Å²) >= 11 is 1.67. The summed E-state index contributed by atoms with van der Waals surface area (Å²) in [5.74, 6) is 1.51. The van der Waals surface area contributed by atoms with Crippen molar-refractivity contribution in [2.75, 3.05) is 39.1 Å². The van der Waals surface area contributed by atoms with E-state index in [4.69, 9.17) is 4.74 Å². The van der Waals surface area contributed by atoms with Gasteiger partial charge in [-0.1, -0.05) is 29.8 Å². The van der Waals surface area contributed by atoms with E-state index in [1.807, 2.05) is 0 Å². The smallest absolute Gasteiger partial charge is 0.230 e. The standard InChI is InChI=1S/C18H28N2O2S/c1-15-4-3-5-16(10-15)11-23-12-17(21)20-13-18(14-22-2)6-8-19-9-7-18/h3-5,10,19H,6-9,11-14H2,1-2H3,(H,20,21). The van der Waals surface area contributed by atoms with Crippen LogP contribution in [0.2, 0.25) is 0 Å². The van der Waals surface area contributed by atoms with Gasteiger partial charge in [-0.05, 0) is 38.4 Å². The van der Waals surface area contributed by atoms with Crippen LogP contribution in [0.25, 0.3) is 0 Å². The number of carbonyl (C=O) groups is 1. The first kappa shape index (κ1) is 18.3. The zero-order valence-electron chi connectivity index (χ0n) is 14.2. The minimum Gasteiger partial charge on any atom is -0.384 e. The van der Waals surface area contributed by atoms with Crippen LogP contribution in [0.15, 0.2) is 24.3 Å². The third-order valence-corrected chi connectivity index (χ3v) is 5.36. The molecule has 5 heteroatoms. The van der Waals surface area contributed by atoms with E-state index >= 15 is 0 Å². The van der Waals surface area contributed by atoms with Crippen molar-refractivity contribution in [2.24, 2.45) is 5.41 Å². The van der Waals surface area contributed by atoms with E-state index in [1.54, 1.807) is 18.9 Å². The molecule has 0 aliphatic carbocycles. The number of rotatable bonds is 8. The lowest BCUT2D eigenvalue weighted by Crippen LogP contribution is -2.47. The Labute approximate surface area is 143 Å². The molecule has 1 aromatic rings. The van der Waals surface area contributed by atoms with Gasteiger partial charge in [0.05, 0.1) is 12.4 Å². The molecule has 0 spiro atoms. The van der Waals surface area contributed by atoms with Gasteiger partial charge in [-0.15, -0.1) is 11.8 Å². The van der Waals surface area contributed by atoms with Gasteiger partial charge in [0, 0.05) is 24.8 Å². The third kappa shape index (κ3) is 6.16. The fourth-order valence-corrected chi connectivity index (χ4v) is 3.84. The molecule has 1 aliphatic heterocycles. The van der Waals surface area contributed by atoms with Crippen LogP contribution in [0.4, 0.5) is 0 Å². The van der Waals surface area contributed by atoms with E-state index in [2.05, 4.69) is 41.8 Å². The Kier molecular flexibility index (Phi) is 7.40. The van der Waals surface area contributed by atoms with Crippen LogP contribution in [0.1, 0.15) is 24.0 Å². The maximum atomic E-state index is 12.1.